The maximum Gasteiger partial charge on any atom is 0.154 e. The summed E-state index contributed by atoms with van der Waals surface area (Å²) in [5.74, 6) is 0. The van der Waals surface area contributed by atoms with Crippen LogP contribution >= 0.6 is 0 Å². The first-order valence-corrected chi connectivity index (χ1v) is 4.76. The Morgan fingerprint density at radius 1 is 1.21 bits per heavy atom. The van der Waals surface area contributed by atoms with Crippen LogP contribution in [0.15, 0.2) is 35.6 Å². The molecule has 0 aliphatic carbocycles. The molecule has 1 aromatic rings. The number of para-hydroxylation sites is 1. The maximum atomic E-state index is 11.5. The summed E-state index contributed by atoms with van der Waals surface area (Å²) in [6.07, 6.45) is 0. The normalized spacial score (nSPS) is 11.4. The summed E-state index contributed by atoms with van der Waals surface area (Å²) in [6.45, 7) is 5.40. The highest BCUT2D eigenvalue weighted by molar-refractivity contribution is 5.27. The van der Waals surface area contributed by atoms with Crippen LogP contribution < -0.4 is 0 Å². The highest BCUT2D eigenvalue weighted by Gasteiger charge is 2.02. The first-order valence-electron chi connectivity index (χ1n) is 4.76. The minimum Gasteiger partial charge on any atom is -0.691 e. The van der Waals surface area contributed by atoms with E-state index in [1.54, 1.807) is 17.1 Å². The summed E-state index contributed by atoms with van der Waals surface area (Å²) in [7, 11) is 0. The highest BCUT2D eigenvalue weighted by Crippen LogP contribution is 2.10. The van der Waals surface area contributed by atoms with E-state index in [1.807, 2.05) is 32.0 Å². The molecule has 14 heavy (non-hydrogen) atoms. The Balaban J connectivity index is 2.78. The Morgan fingerprint density at radius 2 is 1.79 bits per heavy atom. The van der Waals surface area contributed by atoms with Crippen molar-refractivity contribution in [1.29, 1.82) is 0 Å². The Bertz CT molecular complexity index is 293. The fraction of sp³-hybridized carbons (Fsp3) is 0.400. The molecule has 0 saturated carbocycles. The monoisotopic (exact) mass is 193 g/mol. The van der Waals surface area contributed by atoms with Crippen molar-refractivity contribution >= 4 is 5.69 Å². The molecule has 0 bridgehead atoms. The third-order valence-electron chi connectivity index (χ3n) is 1.91. The van der Waals surface area contributed by atoms with Gasteiger partial charge in [-0.15, -0.1) is 4.86 Å². The average molecular weight is 193 g/mol. The number of rotatable bonds is 4. The van der Waals surface area contributed by atoms with Crippen LogP contribution in [0.3, 0.4) is 0 Å². The zero-order valence-electron chi connectivity index (χ0n) is 8.55. The third-order valence-corrected chi connectivity index (χ3v) is 1.91. The molecule has 0 fully saturated rings. The minimum atomic E-state index is 0.555. The van der Waals surface area contributed by atoms with Crippen molar-refractivity contribution < 1.29 is 4.86 Å². The summed E-state index contributed by atoms with van der Waals surface area (Å²) in [5, 5.41) is 17.1. The molecule has 0 spiro atoms. The zero-order chi connectivity index (χ0) is 10.4. The van der Waals surface area contributed by atoms with E-state index in [9.17, 15) is 5.21 Å². The van der Waals surface area contributed by atoms with Crippen LogP contribution in [0, 0.1) is 5.21 Å². The first kappa shape index (κ1) is 10.5. The lowest BCUT2D eigenvalue weighted by Gasteiger charge is -2.10. The average Bonchev–Trinajstić information content (AvgIpc) is 2.26. The van der Waals surface area contributed by atoms with Crippen LogP contribution in [0.4, 0.5) is 5.69 Å². The van der Waals surface area contributed by atoms with Gasteiger partial charge in [-0.2, -0.15) is 5.01 Å². The summed E-state index contributed by atoms with van der Waals surface area (Å²) < 4.78 is 0. The summed E-state index contributed by atoms with van der Waals surface area (Å²) in [4.78, 5) is 0.646. The van der Waals surface area contributed by atoms with E-state index in [0.29, 0.717) is 10.5 Å². The molecule has 4 heteroatoms. The molecule has 0 saturated heterocycles. The van der Waals surface area contributed by atoms with E-state index in [-0.39, 0.29) is 0 Å². The number of hydrogen-bond acceptors (Lipinski definition) is 2. The number of hydrogen-bond donors (Lipinski definition) is 0. The highest BCUT2D eigenvalue weighted by atomic mass is 16.5. The van der Waals surface area contributed by atoms with Gasteiger partial charge < -0.3 is 5.21 Å². The maximum absolute atomic E-state index is 11.5. The fourth-order valence-corrected chi connectivity index (χ4v) is 1.07. The van der Waals surface area contributed by atoms with E-state index in [1.165, 1.54) is 0 Å². The van der Waals surface area contributed by atoms with Gasteiger partial charge >= 0.3 is 0 Å². The van der Waals surface area contributed by atoms with Crippen molar-refractivity contribution in [2.75, 3.05) is 13.1 Å². The van der Waals surface area contributed by atoms with Crippen molar-refractivity contribution in [3.63, 3.8) is 0 Å². The van der Waals surface area contributed by atoms with Crippen LogP contribution in [0.2, 0.25) is 0 Å². The molecule has 1 aromatic carbocycles. The van der Waals surface area contributed by atoms with Crippen molar-refractivity contribution in [3.05, 3.63) is 35.5 Å². The number of nitrogens with zero attached hydrogens (tertiary/aromatic N) is 3. The molecule has 0 unspecified atom stereocenters. The molecule has 0 N–H and O–H groups in total. The predicted octanol–water partition coefficient (Wildman–Crippen LogP) is 2.54. The topological polar surface area (TPSA) is 41.7 Å². The van der Waals surface area contributed by atoms with Gasteiger partial charge in [-0.05, 0) is 26.0 Å². The second-order valence-corrected chi connectivity index (χ2v) is 2.84. The van der Waals surface area contributed by atoms with Gasteiger partial charge in [0.05, 0.1) is 5.22 Å². The van der Waals surface area contributed by atoms with Crippen LogP contribution in [-0.2, 0) is 0 Å². The van der Waals surface area contributed by atoms with Crippen molar-refractivity contribution in [2.24, 2.45) is 5.22 Å². The van der Waals surface area contributed by atoms with Gasteiger partial charge in [-0.1, -0.05) is 18.2 Å². The Labute approximate surface area is 84.0 Å². The Hall–Kier alpha value is -1.58. The lowest BCUT2D eigenvalue weighted by molar-refractivity contribution is -0.461. The molecule has 0 radical (unpaired) electrons. The smallest absolute Gasteiger partial charge is 0.154 e. The lowest BCUT2D eigenvalue weighted by Crippen LogP contribution is -2.17. The largest absolute Gasteiger partial charge is 0.691 e. The van der Waals surface area contributed by atoms with E-state index in [2.05, 4.69) is 5.22 Å². The molecule has 0 aromatic heterocycles. The molecule has 0 amide bonds. The van der Waals surface area contributed by atoms with Crippen LogP contribution in [0.25, 0.3) is 0 Å². The van der Waals surface area contributed by atoms with Gasteiger partial charge in [0, 0.05) is 0 Å². The molecule has 76 valence electrons. The van der Waals surface area contributed by atoms with Crippen molar-refractivity contribution in [1.82, 2.24) is 5.01 Å². The van der Waals surface area contributed by atoms with Gasteiger partial charge in [0.15, 0.2) is 5.69 Å². The second-order valence-electron chi connectivity index (χ2n) is 2.84. The molecule has 0 atom stereocenters. The van der Waals surface area contributed by atoms with Gasteiger partial charge in [0.1, 0.15) is 13.1 Å². The van der Waals surface area contributed by atoms with Crippen molar-refractivity contribution in [2.45, 2.75) is 13.8 Å². The summed E-state index contributed by atoms with van der Waals surface area (Å²) in [6, 6.07) is 8.98. The van der Waals surface area contributed by atoms with Crippen LogP contribution in [-0.4, -0.2) is 23.0 Å². The van der Waals surface area contributed by atoms with Crippen LogP contribution in [0.1, 0.15) is 13.8 Å². The SMILES string of the molecule is CCN(CC)N=[N+]([O-])c1ccccc1. The minimum absolute atomic E-state index is 0.555. The molecule has 0 aliphatic rings. The van der Waals surface area contributed by atoms with Gasteiger partial charge in [-0.25, -0.2) is 0 Å². The molecule has 1 rings (SSSR count). The third kappa shape index (κ3) is 2.73. The molecular weight excluding hydrogens is 178 g/mol. The van der Waals surface area contributed by atoms with Crippen LogP contribution in [0.5, 0.6) is 0 Å². The van der Waals surface area contributed by atoms with E-state index in [0.717, 1.165) is 13.1 Å². The van der Waals surface area contributed by atoms with E-state index < -0.39 is 0 Å². The van der Waals surface area contributed by atoms with E-state index in [4.69, 9.17) is 0 Å². The molecule has 4 nitrogen and oxygen atoms in total. The van der Waals surface area contributed by atoms with Gasteiger partial charge in [0.25, 0.3) is 0 Å². The van der Waals surface area contributed by atoms with E-state index >= 15 is 0 Å². The van der Waals surface area contributed by atoms with Gasteiger partial charge in [-0.3, -0.25) is 0 Å². The summed E-state index contributed by atoms with van der Waals surface area (Å²) in [5.41, 5.74) is 0.555. The summed E-state index contributed by atoms with van der Waals surface area (Å²) >= 11 is 0. The lowest BCUT2D eigenvalue weighted by atomic mass is 10.3. The zero-order valence-corrected chi connectivity index (χ0v) is 8.55. The second kappa shape index (κ2) is 5.21. The Morgan fingerprint density at radius 3 is 2.29 bits per heavy atom. The molecule has 0 aliphatic heterocycles. The molecular formula is C10H15N3O. The molecule has 0 heterocycles. The van der Waals surface area contributed by atoms with Gasteiger partial charge in [0.2, 0.25) is 0 Å². The quantitative estimate of drug-likeness (QED) is 0.419. The first-order chi connectivity index (χ1) is 6.77. The standard InChI is InChI=1S/C10H15N3O/c1-3-12(4-2)11-13(14)10-8-6-5-7-9-10/h5-9H,3-4H2,1-2H3. The predicted molar refractivity (Wildman–Crippen MR) is 55.1 cm³/mol. The van der Waals surface area contributed by atoms with Crippen molar-refractivity contribution in [3.8, 4) is 0 Å². The number of benzene rings is 1. The Kier molecular flexibility index (Phi) is 3.91. The fourth-order valence-electron chi connectivity index (χ4n) is 1.07.